The van der Waals surface area contributed by atoms with E-state index in [1.807, 2.05) is 32.0 Å². The molecule has 0 bridgehead atoms. The normalized spacial score (nSPS) is 10.9. The molecule has 118 valence electrons. The lowest BCUT2D eigenvalue weighted by atomic mass is 9.97. The van der Waals surface area contributed by atoms with E-state index in [1.165, 1.54) is 11.1 Å². The van der Waals surface area contributed by atoms with Crippen LogP contribution in [0.1, 0.15) is 49.4 Å². The molecule has 0 aromatic heterocycles. The molecule has 0 fully saturated rings. The monoisotopic (exact) mass is 315 g/mol. The number of aryl methyl sites for hydroxylation is 2. The molecule has 0 atom stereocenters. The Hall–Kier alpha value is -1.60. The van der Waals surface area contributed by atoms with E-state index in [1.54, 1.807) is 0 Å². The van der Waals surface area contributed by atoms with E-state index in [0.29, 0.717) is 0 Å². The molecule has 0 heterocycles. The van der Waals surface area contributed by atoms with Crippen molar-refractivity contribution in [2.24, 2.45) is 4.99 Å². The lowest BCUT2D eigenvalue weighted by Crippen LogP contribution is -2.07. The van der Waals surface area contributed by atoms with Gasteiger partial charge in [0, 0.05) is 22.7 Å². The first kappa shape index (κ1) is 18.4. The molecule has 0 aliphatic rings. The van der Waals surface area contributed by atoms with Crippen molar-refractivity contribution in [3.05, 3.63) is 69.7 Å². The Bertz CT molecular complexity index is 612. The number of rotatable bonds is 4. The molecule has 0 unspecified atom stereocenters. The van der Waals surface area contributed by atoms with Crippen LogP contribution in [-0.4, -0.2) is 12.3 Å². The van der Waals surface area contributed by atoms with Gasteiger partial charge in [-0.05, 0) is 38.0 Å². The van der Waals surface area contributed by atoms with Gasteiger partial charge in [0.25, 0.3) is 0 Å². The molecule has 2 aromatic rings. The van der Waals surface area contributed by atoms with E-state index in [2.05, 4.69) is 45.0 Å². The first-order valence-electron chi connectivity index (χ1n) is 8.00. The standard InChI is InChI=1S/C18H20ClN.C2H6/c1-4-11-20-18(15-8-5-13(2)6-9-15)17-12-16(19)10-7-14(17)3;1-2/h5-10,12H,4,11H2,1-3H3;1-2H3. The lowest BCUT2D eigenvalue weighted by Gasteiger charge is -2.11. The Morgan fingerprint density at radius 2 is 1.64 bits per heavy atom. The molecular formula is C20H26ClN. The van der Waals surface area contributed by atoms with Crippen molar-refractivity contribution in [3.63, 3.8) is 0 Å². The van der Waals surface area contributed by atoms with Crippen LogP contribution in [0.2, 0.25) is 5.02 Å². The summed E-state index contributed by atoms with van der Waals surface area (Å²) < 4.78 is 0. The van der Waals surface area contributed by atoms with E-state index in [-0.39, 0.29) is 0 Å². The zero-order chi connectivity index (χ0) is 16.5. The molecule has 0 saturated heterocycles. The molecule has 0 aliphatic carbocycles. The average molecular weight is 316 g/mol. The van der Waals surface area contributed by atoms with Gasteiger partial charge in [-0.25, -0.2) is 0 Å². The third-order valence-electron chi connectivity index (χ3n) is 3.27. The molecule has 0 amide bonds. The van der Waals surface area contributed by atoms with Crippen LogP contribution < -0.4 is 0 Å². The predicted molar refractivity (Wildman–Crippen MR) is 99.5 cm³/mol. The van der Waals surface area contributed by atoms with Gasteiger partial charge in [-0.1, -0.05) is 68.3 Å². The third-order valence-corrected chi connectivity index (χ3v) is 3.51. The van der Waals surface area contributed by atoms with Crippen molar-refractivity contribution >= 4 is 17.3 Å². The van der Waals surface area contributed by atoms with Gasteiger partial charge in [-0.2, -0.15) is 0 Å². The smallest absolute Gasteiger partial charge is 0.0722 e. The number of nitrogens with zero attached hydrogens (tertiary/aromatic N) is 1. The van der Waals surface area contributed by atoms with E-state index < -0.39 is 0 Å². The Labute approximate surface area is 140 Å². The quantitative estimate of drug-likeness (QED) is 0.593. The zero-order valence-corrected chi connectivity index (χ0v) is 15.0. The van der Waals surface area contributed by atoms with Crippen molar-refractivity contribution < 1.29 is 0 Å². The van der Waals surface area contributed by atoms with E-state index >= 15 is 0 Å². The summed E-state index contributed by atoms with van der Waals surface area (Å²) >= 11 is 6.15. The first-order valence-corrected chi connectivity index (χ1v) is 8.37. The van der Waals surface area contributed by atoms with Gasteiger partial charge in [0.15, 0.2) is 0 Å². The number of benzene rings is 2. The maximum atomic E-state index is 6.15. The van der Waals surface area contributed by atoms with Gasteiger partial charge < -0.3 is 0 Å². The topological polar surface area (TPSA) is 12.4 Å². The SMILES string of the molecule is CC.CCCN=C(c1ccc(C)cc1)c1cc(Cl)ccc1C. The summed E-state index contributed by atoms with van der Waals surface area (Å²) in [5.41, 5.74) is 5.76. The highest BCUT2D eigenvalue weighted by Crippen LogP contribution is 2.20. The molecule has 2 rings (SSSR count). The summed E-state index contributed by atoms with van der Waals surface area (Å²) in [6, 6.07) is 14.5. The molecule has 1 nitrogen and oxygen atoms in total. The summed E-state index contributed by atoms with van der Waals surface area (Å²) in [4.78, 5) is 4.77. The van der Waals surface area contributed by atoms with Gasteiger partial charge in [0.2, 0.25) is 0 Å². The predicted octanol–water partition coefficient (Wildman–Crippen LogP) is 6.23. The fraction of sp³-hybridized carbons (Fsp3) is 0.350. The number of hydrogen-bond acceptors (Lipinski definition) is 1. The van der Waals surface area contributed by atoms with Crippen molar-refractivity contribution in [3.8, 4) is 0 Å². The van der Waals surface area contributed by atoms with E-state index in [4.69, 9.17) is 16.6 Å². The second-order valence-corrected chi connectivity index (χ2v) is 5.49. The van der Waals surface area contributed by atoms with Crippen LogP contribution in [0.5, 0.6) is 0 Å². The summed E-state index contributed by atoms with van der Waals surface area (Å²) in [5.74, 6) is 0. The highest BCUT2D eigenvalue weighted by Gasteiger charge is 2.10. The molecular weight excluding hydrogens is 290 g/mol. The van der Waals surface area contributed by atoms with Gasteiger partial charge in [0.1, 0.15) is 0 Å². The number of halogens is 1. The van der Waals surface area contributed by atoms with Crippen LogP contribution in [0.3, 0.4) is 0 Å². The molecule has 2 aromatic carbocycles. The molecule has 2 heteroatoms. The van der Waals surface area contributed by atoms with Crippen molar-refractivity contribution in [2.45, 2.75) is 41.0 Å². The van der Waals surface area contributed by atoms with Gasteiger partial charge >= 0.3 is 0 Å². The fourth-order valence-corrected chi connectivity index (χ4v) is 2.29. The molecule has 0 N–H and O–H groups in total. The highest BCUT2D eigenvalue weighted by atomic mass is 35.5. The Morgan fingerprint density at radius 3 is 2.23 bits per heavy atom. The maximum absolute atomic E-state index is 6.15. The number of aliphatic imine (C=N–C) groups is 1. The molecule has 0 spiro atoms. The van der Waals surface area contributed by atoms with Crippen LogP contribution in [0.4, 0.5) is 0 Å². The third kappa shape index (κ3) is 4.99. The minimum atomic E-state index is 0.752. The van der Waals surface area contributed by atoms with E-state index in [0.717, 1.165) is 34.8 Å². The molecule has 0 radical (unpaired) electrons. The second kappa shape index (κ2) is 9.42. The number of hydrogen-bond donors (Lipinski definition) is 0. The van der Waals surface area contributed by atoms with Gasteiger partial charge in [0.05, 0.1) is 5.71 Å². The zero-order valence-electron chi connectivity index (χ0n) is 14.3. The van der Waals surface area contributed by atoms with Gasteiger partial charge in [-0.15, -0.1) is 0 Å². The van der Waals surface area contributed by atoms with Crippen LogP contribution in [-0.2, 0) is 0 Å². The minimum absolute atomic E-state index is 0.752. The summed E-state index contributed by atoms with van der Waals surface area (Å²) in [6.07, 6.45) is 1.04. The Morgan fingerprint density at radius 1 is 1.00 bits per heavy atom. The molecule has 0 saturated carbocycles. The Kier molecular flexibility index (Phi) is 7.90. The maximum Gasteiger partial charge on any atom is 0.0722 e. The summed E-state index contributed by atoms with van der Waals surface area (Å²) in [6.45, 7) is 11.2. The van der Waals surface area contributed by atoms with Crippen LogP contribution in [0, 0.1) is 13.8 Å². The minimum Gasteiger partial charge on any atom is -0.284 e. The van der Waals surface area contributed by atoms with Crippen LogP contribution in [0.25, 0.3) is 0 Å². The molecule has 0 aliphatic heterocycles. The molecule has 22 heavy (non-hydrogen) atoms. The Balaban J connectivity index is 0.00000116. The first-order chi connectivity index (χ1) is 10.6. The van der Waals surface area contributed by atoms with Crippen LogP contribution in [0.15, 0.2) is 47.5 Å². The second-order valence-electron chi connectivity index (χ2n) is 5.06. The fourth-order valence-electron chi connectivity index (χ4n) is 2.12. The lowest BCUT2D eigenvalue weighted by molar-refractivity contribution is 0.932. The van der Waals surface area contributed by atoms with Crippen molar-refractivity contribution in [1.82, 2.24) is 0 Å². The summed E-state index contributed by atoms with van der Waals surface area (Å²) in [7, 11) is 0. The average Bonchev–Trinajstić information content (AvgIpc) is 2.54. The highest BCUT2D eigenvalue weighted by molar-refractivity contribution is 6.31. The van der Waals surface area contributed by atoms with E-state index in [9.17, 15) is 0 Å². The summed E-state index contributed by atoms with van der Waals surface area (Å²) in [5, 5.41) is 0.752. The van der Waals surface area contributed by atoms with Gasteiger partial charge in [-0.3, -0.25) is 4.99 Å². The van der Waals surface area contributed by atoms with Crippen molar-refractivity contribution in [2.75, 3.05) is 6.54 Å². The largest absolute Gasteiger partial charge is 0.284 e. The van der Waals surface area contributed by atoms with Crippen LogP contribution >= 0.6 is 11.6 Å². The van der Waals surface area contributed by atoms with Crippen molar-refractivity contribution in [1.29, 1.82) is 0 Å².